The second-order valence-corrected chi connectivity index (χ2v) is 6.87. The summed E-state index contributed by atoms with van der Waals surface area (Å²) in [6, 6.07) is 0. The lowest BCUT2D eigenvalue weighted by atomic mass is 9.85. The van der Waals surface area contributed by atoms with Crippen molar-refractivity contribution in [3.8, 4) is 0 Å². The van der Waals surface area contributed by atoms with Gasteiger partial charge in [0.05, 0.1) is 5.01 Å². The van der Waals surface area contributed by atoms with Gasteiger partial charge in [0, 0.05) is 17.0 Å². The Bertz CT molecular complexity index is 327. The van der Waals surface area contributed by atoms with E-state index in [9.17, 15) is 0 Å². The van der Waals surface area contributed by atoms with E-state index >= 15 is 0 Å². The number of aromatic nitrogens is 1. The molecule has 1 heterocycles. The first-order chi connectivity index (χ1) is 7.07. The van der Waals surface area contributed by atoms with Gasteiger partial charge in [-0.1, -0.05) is 20.3 Å². The Morgan fingerprint density at radius 2 is 2.13 bits per heavy atom. The van der Waals surface area contributed by atoms with Gasteiger partial charge in [0.25, 0.3) is 0 Å². The first-order valence-corrected chi connectivity index (χ1v) is 6.81. The molecule has 0 N–H and O–H groups in total. The summed E-state index contributed by atoms with van der Waals surface area (Å²) in [6.07, 6.45) is 8.81. The average molecular weight is 223 g/mol. The van der Waals surface area contributed by atoms with Crippen LogP contribution < -0.4 is 0 Å². The molecule has 1 saturated carbocycles. The second kappa shape index (κ2) is 4.25. The predicted octanol–water partition coefficient (Wildman–Crippen LogP) is 4.53. The highest BCUT2D eigenvalue weighted by Crippen LogP contribution is 2.40. The molecule has 1 nitrogen and oxygen atoms in total. The molecule has 15 heavy (non-hydrogen) atoms. The molecule has 0 bridgehead atoms. The number of thiazole rings is 1. The molecule has 0 aromatic carbocycles. The average Bonchev–Trinajstić information content (AvgIpc) is 2.49. The van der Waals surface area contributed by atoms with E-state index in [2.05, 4.69) is 25.8 Å². The quantitative estimate of drug-likeness (QED) is 0.638. The monoisotopic (exact) mass is 223 g/mol. The minimum Gasteiger partial charge on any atom is -0.249 e. The minimum atomic E-state index is 0.557. The molecular weight excluding hydrogens is 202 g/mol. The standard InChI is InChI=1S/C13H21NS/c1-10-9-14-12(15-10)11-5-4-7-13(2,3)8-6-11/h9,11H,4-8H2,1-3H3. The summed E-state index contributed by atoms with van der Waals surface area (Å²) in [6.45, 7) is 6.97. The SMILES string of the molecule is Cc1cnc(C2CCCC(C)(C)CC2)s1. The number of rotatable bonds is 1. The minimum absolute atomic E-state index is 0.557. The zero-order chi connectivity index (χ0) is 10.9. The molecule has 0 amide bonds. The normalized spacial score (nSPS) is 26.2. The van der Waals surface area contributed by atoms with Gasteiger partial charge in [-0.15, -0.1) is 11.3 Å². The second-order valence-electron chi connectivity index (χ2n) is 5.60. The van der Waals surface area contributed by atoms with E-state index in [0.29, 0.717) is 5.41 Å². The largest absolute Gasteiger partial charge is 0.249 e. The van der Waals surface area contributed by atoms with Crippen molar-refractivity contribution in [1.82, 2.24) is 4.98 Å². The van der Waals surface area contributed by atoms with Crippen LogP contribution in [-0.4, -0.2) is 4.98 Å². The third kappa shape index (κ3) is 2.81. The van der Waals surface area contributed by atoms with Crippen molar-refractivity contribution in [1.29, 1.82) is 0 Å². The van der Waals surface area contributed by atoms with Crippen molar-refractivity contribution >= 4 is 11.3 Å². The van der Waals surface area contributed by atoms with Crippen LogP contribution in [0.1, 0.15) is 61.8 Å². The molecule has 1 aromatic heterocycles. The van der Waals surface area contributed by atoms with Gasteiger partial charge < -0.3 is 0 Å². The van der Waals surface area contributed by atoms with Gasteiger partial charge in [-0.2, -0.15) is 0 Å². The predicted molar refractivity (Wildman–Crippen MR) is 66.5 cm³/mol. The van der Waals surface area contributed by atoms with Crippen LogP contribution in [0.3, 0.4) is 0 Å². The molecule has 1 aliphatic carbocycles. The molecule has 0 saturated heterocycles. The molecule has 0 aliphatic heterocycles. The Balaban J connectivity index is 2.05. The molecule has 1 fully saturated rings. The summed E-state index contributed by atoms with van der Waals surface area (Å²) >= 11 is 1.89. The topological polar surface area (TPSA) is 12.9 Å². The van der Waals surface area contributed by atoms with Crippen LogP contribution >= 0.6 is 11.3 Å². The van der Waals surface area contributed by atoms with Gasteiger partial charge in [-0.25, -0.2) is 4.98 Å². The molecule has 0 radical (unpaired) electrons. The van der Waals surface area contributed by atoms with Gasteiger partial charge in [0.1, 0.15) is 0 Å². The molecular formula is C13H21NS. The summed E-state index contributed by atoms with van der Waals surface area (Å²) in [7, 11) is 0. The maximum absolute atomic E-state index is 4.55. The zero-order valence-corrected chi connectivity index (χ0v) is 10.9. The first-order valence-electron chi connectivity index (χ1n) is 5.99. The zero-order valence-electron chi connectivity index (χ0n) is 10.0. The summed E-state index contributed by atoms with van der Waals surface area (Å²) in [4.78, 5) is 5.90. The number of aryl methyl sites for hydroxylation is 1. The Morgan fingerprint density at radius 3 is 2.80 bits per heavy atom. The van der Waals surface area contributed by atoms with Crippen molar-refractivity contribution in [3.05, 3.63) is 16.1 Å². The van der Waals surface area contributed by atoms with E-state index in [1.807, 2.05) is 17.5 Å². The Labute approximate surface area is 96.9 Å². The molecule has 1 aliphatic rings. The van der Waals surface area contributed by atoms with Crippen LogP contribution in [0.25, 0.3) is 0 Å². The summed E-state index contributed by atoms with van der Waals surface area (Å²) in [5.74, 6) is 0.741. The third-order valence-corrected chi connectivity index (χ3v) is 4.64. The lowest BCUT2D eigenvalue weighted by molar-refractivity contribution is 0.313. The Morgan fingerprint density at radius 1 is 1.33 bits per heavy atom. The molecule has 1 aromatic rings. The fraction of sp³-hybridized carbons (Fsp3) is 0.769. The van der Waals surface area contributed by atoms with Crippen LogP contribution in [0.2, 0.25) is 0 Å². The summed E-state index contributed by atoms with van der Waals surface area (Å²) in [5.41, 5.74) is 0.557. The van der Waals surface area contributed by atoms with E-state index < -0.39 is 0 Å². The summed E-state index contributed by atoms with van der Waals surface area (Å²) in [5, 5.41) is 1.38. The molecule has 84 valence electrons. The smallest absolute Gasteiger partial charge is 0.0958 e. The number of hydrogen-bond acceptors (Lipinski definition) is 2. The Hall–Kier alpha value is -0.370. The van der Waals surface area contributed by atoms with E-state index in [4.69, 9.17) is 0 Å². The molecule has 0 spiro atoms. The third-order valence-electron chi connectivity index (χ3n) is 3.56. The fourth-order valence-corrected chi connectivity index (χ4v) is 3.41. The van der Waals surface area contributed by atoms with Crippen LogP contribution in [0.5, 0.6) is 0 Å². The maximum atomic E-state index is 4.55. The molecule has 2 rings (SSSR count). The van der Waals surface area contributed by atoms with Crippen molar-refractivity contribution < 1.29 is 0 Å². The van der Waals surface area contributed by atoms with Crippen molar-refractivity contribution in [2.45, 2.75) is 58.8 Å². The fourth-order valence-electron chi connectivity index (χ4n) is 2.47. The van der Waals surface area contributed by atoms with E-state index in [-0.39, 0.29) is 0 Å². The number of nitrogens with zero attached hydrogens (tertiary/aromatic N) is 1. The van der Waals surface area contributed by atoms with Crippen molar-refractivity contribution in [3.63, 3.8) is 0 Å². The van der Waals surface area contributed by atoms with Crippen molar-refractivity contribution in [2.24, 2.45) is 5.41 Å². The molecule has 1 unspecified atom stereocenters. The van der Waals surface area contributed by atoms with E-state index in [1.165, 1.54) is 42.0 Å². The van der Waals surface area contributed by atoms with Gasteiger partial charge in [0.2, 0.25) is 0 Å². The molecule has 1 atom stereocenters. The van der Waals surface area contributed by atoms with Crippen LogP contribution in [0.15, 0.2) is 6.20 Å². The van der Waals surface area contributed by atoms with Crippen molar-refractivity contribution in [2.75, 3.05) is 0 Å². The van der Waals surface area contributed by atoms with E-state index in [0.717, 1.165) is 5.92 Å². The summed E-state index contributed by atoms with van der Waals surface area (Å²) < 4.78 is 0. The maximum Gasteiger partial charge on any atom is 0.0958 e. The van der Waals surface area contributed by atoms with Gasteiger partial charge in [-0.05, 0) is 38.0 Å². The number of hydrogen-bond donors (Lipinski definition) is 0. The van der Waals surface area contributed by atoms with Gasteiger partial charge in [-0.3, -0.25) is 0 Å². The van der Waals surface area contributed by atoms with Gasteiger partial charge >= 0.3 is 0 Å². The first kappa shape index (κ1) is 11.1. The van der Waals surface area contributed by atoms with Crippen LogP contribution in [0.4, 0.5) is 0 Å². The van der Waals surface area contributed by atoms with Gasteiger partial charge in [0.15, 0.2) is 0 Å². The highest BCUT2D eigenvalue weighted by molar-refractivity contribution is 7.11. The molecule has 2 heteroatoms. The van der Waals surface area contributed by atoms with E-state index in [1.54, 1.807) is 0 Å². The lowest BCUT2D eigenvalue weighted by Crippen LogP contribution is -2.08. The highest BCUT2D eigenvalue weighted by Gasteiger charge is 2.26. The Kier molecular flexibility index (Phi) is 3.15. The highest BCUT2D eigenvalue weighted by atomic mass is 32.1. The van der Waals surface area contributed by atoms with Crippen LogP contribution in [-0.2, 0) is 0 Å². The lowest BCUT2D eigenvalue weighted by Gasteiger charge is -2.21. The van der Waals surface area contributed by atoms with Crippen LogP contribution in [0, 0.1) is 12.3 Å².